The van der Waals surface area contributed by atoms with E-state index in [-0.39, 0.29) is 0 Å². The van der Waals surface area contributed by atoms with E-state index in [1.807, 2.05) is 0 Å². The second-order valence-electron chi connectivity index (χ2n) is 3.60. The summed E-state index contributed by atoms with van der Waals surface area (Å²) in [5, 5.41) is 3.42. The Morgan fingerprint density at radius 2 is 2.00 bits per heavy atom. The van der Waals surface area contributed by atoms with Crippen molar-refractivity contribution in [2.24, 2.45) is 0 Å². The van der Waals surface area contributed by atoms with E-state index in [0.717, 1.165) is 0 Å². The molecule has 0 fully saturated rings. The van der Waals surface area contributed by atoms with E-state index < -0.39 is 52.0 Å². The zero-order chi connectivity index (χ0) is 15.6. The Hall–Kier alpha value is -0.940. The SMILES string of the molecule is O=S(=O)(Cl)c1cn(CC(F)F)nc1COCC(F)(F)F. The molecule has 0 unspecified atom stereocenters. The lowest BCUT2D eigenvalue weighted by Crippen LogP contribution is -2.17. The molecule has 0 aromatic carbocycles. The van der Waals surface area contributed by atoms with Crippen LogP contribution in [-0.4, -0.2) is 37.4 Å². The molecule has 1 rings (SSSR count). The summed E-state index contributed by atoms with van der Waals surface area (Å²) in [5.41, 5.74) is -0.468. The van der Waals surface area contributed by atoms with E-state index >= 15 is 0 Å². The third kappa shape index (κ3) is 5.59. The Balaban J connectivity index is 2.90. The molecule has 0 aliphatic rings. The first-order valence-electron chi connectivity index (χ1n) is 4.92. The average Bonchev–Trinajstić information content (AvgIpc) is 2.57. The highest BCUT2D eigenvalue weighted by atomic mass is 35.7. The lowest BCUT2D eigenvalue weighted by atomic mass is 10.4. The summed E-state index contributed by atoms with van der Waals surface area (Å²) >= 11 is 0. The Bertz CT molecular complexity index is 557. The third-order valence-electron chi connectivity index (χ3n) is 1.89. The van der Waals surface area contributed by atoms with Crippen molar-refractivity contribution in [1.82, 2.24) is 9.78 Å². The number of rotatable bonds is 6. The van der Waals surface area contributed by atoms with Gasteiger partial charge in [-0.1, -0.05) is 0 Å². The molecule has 116 valence electrons. The van der Waals surface area contributed by atoms with Gasteiger partial charge in [-0.15, -0.1) is 0 Å². The highest BCUT2D eigenvalue weighted by molar-refractivity contribution is 8.13. The van der Waals surface area contributed by atoms with Crippen LogP contribution >= 0.6 is 10.7 Å². The summed E-state index contributed by atoms with van der Waals surface area (Å²) < 4.78 is 87.0. The largest absolute Gasteiger partial charge is 0.411 e. The molecule has 0 saturated heterocycles. The van der Waals surface area contributed by atoms with Gasteiger partial charge in [-0.25, -0.2) is 17.2 Å². The first kappa shape index (κ1) is 17.1. The van der Waals surface area contributed by atoms with Crippen LogP contribution < -0.4 is 0 Å². The van der Waals surface area contributed by atoms with Gasteiger partial charge in [0.25, 0.3) is 15.5 Å². The zero-order valence-electron chi connectivity index (χ0n) is 9.57. The van der Waals surface area contributed by atoms with Gasteiger partial charge < -0.3 is 4.74 Å². The molecule has 1 aromatic rings. The third-order valence-corrected chi connectivity index (χ3v) is 3.26. The van der Waals surface area contributed by atoms with E-state index in [0.29, 0.717) is 10.9 Å². The number of hydrogen-bond acceptors (Lipinski definition) is 4. The number of aromatic nitrogens is 2. The van der Waals surface area contributed by atoms with Gasteiger partial charge in [0, 0.05) is 16.9 Å². The van der Waals surface area contributed by atoms with Crippen LogP contribution in [0.5, 0.6) is 0 Å². The topological polar surface area (TPSA) is 61.2 Å². The summed E-state index contributed by atoms with van der Waals surface area (Å²) in [7, 11) is 0.704. The van der Waals surface area contributed by atoms with Crippen LogP contribution in [-0.2, 0) is 26.9 Å². The van der Waals surface area contributed by atoms with E-state index in [4.69, 9.17) is 10.7 Å². The van der Waals surface area contributed by atoms with Gasteiger partial charge in [-0.2, -0.15) is 18.3 Å². The van der Waals surface area contributed by atoms with Crippen LogP contribution in [0.4, 0.5) is 22.0 Å². The minimum atomic E-state index is -4.61. The number of alkyl halides is 5. The molecule has 0 amide bonds. The van der Waals surface area contributed by atoms with Gasteiger partial charge in [0.05, 0.1) is 6.61 Å². The highest BCUT2D eigenvalue weighted by Crippen LogP contribution is 2.21. The quantitative estimate of drug-likeness (QED) is 0.587. The molecule has 0 saturated carbocycles. The molecule has 0 aliphatic carbocycles. The van der Waals surface area contributed by atoms with Crippen molar-refractivity contribution in [3.63, 3.8) is 0 Å². The molecule has 0 atom stereocenters. The van der Waals surface area contributed by atoms with Gasteiger partial charge in [0.1, 0.15) is 23.7 Å². The van der Waals surface area contributed by atoms with Crippen LogP contribution in [0.25, 0.3) is 0 Å². The first-order valence-corrected chi connectivity index (χ1v) is 7.23. The van der Waals surface area contributed by atoms with Gasteiger partial charge in [0.15, 0.2) is 0 Å². The van der Waals surface area contributed by atoms with Crippen molar-refractivity contribution in [2.45, 2.75) is 30.6 Å². The molecular formula is C8H8ClF5N2O3S. The summed E-state index contributed by atoms with van der Waals surface area (Å²) in [4.78, 5) is -0.665. The van der Waals surface area contributed by atoms with Crippen molar-refractivity contribution < 1.29 is 35.1 Å². The summed E-state index contributed by atoms with van der Waals surface area (Å²) in [6.45, 7) is -3.37. The molecule has 0 N–H and O–H groups in total. The summed E-state index contributed by atoms with van der Waals surface area (Å²) in [5.74, 6) is 0. The van der Waals surface area contributed by atoms with Crippen molar-refractivity contribution in [2.75, 3.05) is 6.61 Å². The molecule has 1 aromatic heterocycles. The number of hydrogen-bond donors (Lipinski definition) is 0. The zero-order valence-corrected chi connectivity index (χ0v) is 11.1. The van der Waals surface area contributed by atoms with Crippen LogP contribution in [0.1, 0.15) is 5.69 Å². The van der Waals surface area contributed by atoms with E-state index in [1.54, 1.807) is 0 Å². The molecule has 12 heteroatoms. The van der Waals surface area contributed by atoms with Crippen molar-refractivity contribution in [3.8, 4) is 0 Å². The maximum absolute atomic E-state index is 12.1. The number of nitrogens with zero attached hydrogens (tertiary/aromatic N) is 2. The lowest BCUT2D eigenvalue weighted by molar-refractivity contribution is -0.177. The molecule has 20 heavy (non-hydrogen) atoms. The van der Waals surface area contributed by atoms with Gasteiger partial charge in [0.2, 0.25) is 0 Å². The van der Waals surface area contributed by atoms with Gasteiger partial charge in [-0.3, -0.25) is 4.68 Å². The normalized spacial score (nSPS) is 13.2. The van der Waals surface area contributed by atoms with Gasteiger partial charge in [-0.05, 0) is 0 Å². The Morgan fingerprint density at radius 1 is 1.40 bits per heavy atom. The fourth-order valence-corrected chi connectivity index (χ4v) is 2.26. The highest BCUT2D eigenvalue weighted by Gasteiger charge is 2.28. The molecule has 0 spiro atoms. The fourth-order valence-electron chi connectivity index (χ4n) is 1.25. The molecule has 1 heterocycles. The van der Waals surface area contributed by atoms with Crippen LogP contribution in [0, 0.1) is 0 Å². The molecule has 0 bridgehead atoms. The predicted molar refractivity (Wildman–Crippen MR) is 57.0 cm³/mol. The second-order valence-corrected chi connectivity index (χ2v) is 6.13. The molecule has 0 radical (unpaired) electrons. The number of halogens is 6. The van der Waals surface area contributed by atoms with Crippen LogP contribution in [0.2, 0.25) is 0 Å². The van der Waals surface area contributed by atoms with Gasteiger partial charge >= 0.3 is 6.18 Å². The van der Waals surface area contributed by atoms with E-state index in [2.05, 4.69) is 9.84 Å². The van der Waals surface area contributed by atoms with Crippen LogP contribution in [0.3, 0.4) is 0 Å². The summed E-state index contributed by atoms with van der Waals surface area (Å²) in [6.07, 6.45) is -6.71. The van der Waals surface area contributed by atoms with Crippen LogP contribution in [0.15, 0.2) is 11.1 Å². The van der Waals surface area contributed by atoms with Crippen molar-refractivity contribution in [1.29, 1.82) is 0 Å². The molecule has 5 nitrogen and oxygen atoms in total. The summed E-state index contributed by atoms with van der Waals surface area (Å²) in [6, 6.07) is 0. The molecular weight excluding hydrogens is 335 g/mol. The maximum Gasteiger partial charge on any atom is 0.411 e. The van der Waals surface area contributed by atoms with E-state index in [9.17, 15) is 30.4 Å². The minimum absolute atomic E-state index is 0.468. The fraction of sp³-hybridized carbons (Fsp3) is 0.625. The standard InChI is InChI=1S/C8H8ClF5N2O3S/c9-20(17,18)6-1-16(2-7(10)11)15-5(6)3-19-4-8(12,13)14/h1,7H,2-4H2. The maximum atomic E-state index is 12.1. The Kier molecular flexibility index (Phi) is 5.33. The van der Waals surface area contributed by atoms with E-state index in [1.165, 1.54) is 0 Å². The number of ether oxygens (including phenoxy) is 1. The minimum Gasteiger partial charge on any atom is -0.366 e. The lowest BCUT2D eigenvalue weighted by Gasteiger charge is -2.06. The average molecular weight is 343 g/mol. The Morgan fingerprint density at radius 3 is 2.45 bits per heavy atom. The van der Waals surface area contributed by atoms with Crippen molar-refractivity contribution in [3.05, 3.63) is 11.9 Å². The smallest absolute Gasteiger partial charge is 0.366 e. The first-order chi connectivity index (χ1) is 8.99. The predicted octanol–water partition coefficient (Wildman–Crippen LogP) is 2.15. The Labute approximate surface area is 114 Å². The molecule has 0 aliphatic heterocycles. The monoisotopic (exact) mass is 342 g/mol. The van der Waals surface area contributed by atoms with Crippen molar-refractivity contribution >= 4 is 19.7 Å². The second kappa shape index (κ2) is 6.22.